The molecule has 7 nitrogen and oxygen atoms in total. The Morgan fingerprint density at radius 3 is 2.23 bits per heavy atom. The number of hydrogen-bond donors (Lipinski definition) is 3. The lowest BCUT2D eigenvalue weighted by atomic mass is 9.87. The van der Waals surface area contributed by atoms with Crippen LogP contribution >= 0.6 is 0 Å². The van der Waals surface area contributed by atoms with Gasteiger partial charge in [0.05, 0.1) is 11.1 Å². The van der Waals surface area contributed by atoms with E-state index in [1.807, 2.05) is 24.3 Å². The lowest BCUT2D eigenvalue weighted by Gasteiger charge is -2.19. The van der Waals surface area contributed by atoms with E-state index >= 15 is 0 Å². The van der Waals surface area contributed by atoms with E-state index in [0.29, 0.717) is 16.9 Å². The summed E-state index contributed by atoms with van der Waals surface area (Å²) >= 11 is 0. The molecule has 2 aromatic carbocycles. The predicted octanol–water partition coefficient (Wildman–Crippen LogP) is 4.36. The molecular weight excluding hydrogens is 405 g/mol. The number of nitrogens with one attached hydrogen (secondary N) is 2. The summed E-state index contributed by atoms with van der Waals surface area (Å²) < 4.78 is 37.6. The highest BCUT2D eigenvalue weighted by Gasteiger charge is 2.15. The molecule has 1 heterocycles. The SMILES string of the molecule is Cc1ccc(Nc2ncc(F)c(Nc3ccc(C(C)(C)C)cc3)n2)cc1S(N)(=O)=O. The summed E-state index contributed by atoms with van der Waals surface area (Å²) in [7, 11) is -3.87. The third-order valence-electron chi connectivity index (χ3n) is 4.51. The maximum absolute atomic E-state index is 14.2. The summed E-state index contributed by atoms with van der Waals surface area (Å²) in [6.45, 7) is 7.99. The summed E-state index contributed by atoms with van der Waals surface area (Å²) in [5, 5.41) is 11.1. The number of nitrogens with zero attached hydrogens (tertiary/aromatic N) is 2. The van der Waals surface area contributed by atoms with Crippen molar-refractivity contribution in [1.82, 2.24) is 9.97 Å². The molecule has 158 valence electrons. The van der Waals surface area contributed by atoms with Gasteiger partial charge in [0.25, 0.3) is 0 Å². The van der Waals surface area contributed by atoms with Crippen LogP contribution in [-0.2, 0) is 15.4 Å². The van der Waals surface area contributed by atoms with Crippen molar-refractivity contribution in [3.8, 4) is 0 Å². The number of hydrogen-bond acceptors (Lipinski definition) is 6. The van der Waals surface area contributed by atoms with Crippen LogP contribution in [0.3, 0.4) is 0 Å². The molecule has 0 bridgehead atoms. The number of anilines is 4. The average Bonchev–Trinajstić information content (AvgIpc) is 2.65. The normalized spacial score (nSPS) is 11.9. The van der Waals surface area contributed by atoms with Gasteiger partial charge in [0.1, 0.15) is 0 Å². The first kappa shape index (κ1) is 21.7. The number of nitrogens with two attached hydrogens (primary N) is 1. The van der Waals surface area contributed by atoms with Crippen molar-refractivity contribution in [1.29, 1.82) is 0 Å². The Hall–Kier alpha value is -3.04. The van der Waals surface area contributed by atoms with Crippen LogP contribution in [0.25, 0.3) is 0 Å². The summed E-state index contributed by atoms with van der Waals surface area (Å²) in [5.41, 5.74) is 2.78. The van der Waals surface area contributed by atoms with Crippen LogP contribution in [-0.4, -0.2) is 18.4 Å². The van der Waals surface area contributed by atoms with Crippen molar-refractivity contribution in [3.05, 3.63) is 65.6 Å². The Morgan fingerprint density at radius 1 is 1.00 bits per heavy atom. The lowest BCUT2D eigenvalue weighted by Crippen LogP contribution is -2.14. The molecule has 9 heteroatoms. The summed E-state index contributed by atoms with van der Waals surface area (Å²) in [5.74, 6) is -0.515. The minimum absolute atomic E-state index is 0.00482. The molecule has 3 aromatic rings. The summed E-state index contributed by atoms with van der Waals surface area (Å²) in [6.07, 6.45) is 1.04. The Balaban J connectivity index is 1.84. The number of sulfonamides is 1. The zero-order valence-electron chi connectivity index (χ0n) is 17.2. The van der Waals surface area contributed by atoms with Gasteiger partial charge in [0.15, 0.2) is 11.6 Å². The fourth-order valence-electron chi connectivity index (χ4n) is 2.82. The van der Waals surface area contributed by atoms with E-state index in [4.69, 9.17) is 5.14 Å². The van der Waals surface area contributed by atoms with Crippen molar-refractivity contribution in [3.63, 3.8) is 0 Å². The third kappa shape index (κ3) is 5.11. The second-order valence-electron chi connectivity index (χ2n) is 7.99. The zero-order chi connectivity index (χ0) is 22.1. The highest BCUT2D eigenvalue weighted by Crippen LogP contribution is 2.26. The molecule has 0 amide bonds. The zero-order valence-corrected chi connectivity index (χ0v) is 18.0. The smallest absolute Gasteiger partial charge is 0.238 e. The molecule has 0 saturated heterocycles. The molecule has 0 spiro atoms. The van der Waals surface area contributed by atoms with Crippen molar-refractivity contribution in [2.45, 2.75) is 38.0 Å². The van der Waals surface area contributed by atoms with Crippen molar-refractivity contribution >= 4 is 33.2 Å². The first-order chi connectivity index (χ1) is 13.9. The molecule has 0 radical (unpaired) electrons. The predicted molar refractivity (Wildman–Crippen MR) is 116 cm³/mol. The maximum Gasteiger partial charge on any atom is 0.238 e. The number of benzene rings is 2. The lowest BCUT2D eigenvalue weighted by molar-refractivity contribution is 0.590. The Labute approximate surface area is 175 Å². The van der Waals surface area contributed by atoms with Gasteiger partial charge in [0.2, 0.25) is 16.0 Å². The number of primary sulfonamides is 1. The topological polar surface area (TPSA) is 110 Å². The largest absolute Gasteiger partial charge is 0.338 e. The minimum Gasteiger partial charge on any atom is -0.338 e. The molecule has 0 fully saturated rings. The molecule has 0 saturated carbocycles. The standard InChI is InChI=1S/C21H24FN5O2S/c1-13-5-8-16(11-18(13)30(23,28)29)26-20-24-12-17(22)19(27-20)25-15-9-6-14(7-10-15)21(2,3)4/h5-12H,1-4H3,(H2,23,28,29)(H2,24,25,26,27). The Bertz CT molecular complexity index is 1170. The van der Waals surface area contributed by atoms with E-state index < -0.39 is 15.8 Å². The van der Waals surface area contributed by atoms with Gasteiger partial charge in [-0.2, -0.15) is 4.98 Å². The number of aryl methyl sites for hydroxylation is 1. The van der Waals surface area contributed by atoms with Gasteiger partial charge in [0, 0.05) is 11.4 Å². The highest BCUT2D eigenvalue weighted by molar-refractivity contribution is 7.89. The van der Waals surface area contributed by atoms with Gasteiger partial charge >= 0.3 is 0 Å². The van der Waals surface area contributed by atoms with Crippen molar-refractivity contribution in [2.24, 2.45) is 5.14 Å². The molecule has 30 heavy (non-hydrogen) atoms. The summed E-state index contributed by atoms with van der Waals surface area (Å²) in [6, 6.07) is 12.3. The fraction of sp³-hybridized carbons (Fsp3) is 0.238. The molecule has 0 aliphatic heterocycles. The van der Waals surface area contributed by atoms with E-state index in [1.165, 1.54) is 6.07 Å². The van der Waals surface area contributed by atoms with Gasteiger partial charge in [-0.3, -0.25) is 0 Å². The van der Waals surface area contributed by atoms with Crippen molar-refractivity contribution in [2.75, 3.05) is 10.6 Å². The van der Waals surface area contributed by atoms with Crippen LogP contribution in [0.2, 0.25) is 0 Å². The first-order valence-electron chi connectivity index (χ1n) is 9.24. The number of halogens is 1. The molecular formula is C21H24FN5O2S. The van der Waals surface area contributed by atoms with Gasteiger partial charge in [-0.15, -0.1) is 0 Å². The molecule has 0 atom stereocenters. The first-order valence-corrected chi connectivity index (χ1v) is 10.8. The summed E-state index contributed by atoms with van der Waals surface area (Å²) in [4.78, 5) is 8.07. The highest BCUT2D eigenvalue weighted by atomic mass is 32.2. The van der Waals surface area contributed by atoms with E-state index in [0.717, 1.165) is 11.8 Å². The second-order valence-corrected chi connectivity index (χ2v) is 9.52. The molecule has 0 aliphatic rings. The molecule has 3 rings (SSSR count). The Morgan fingerprint density at radius 2 is 1.63 bits per heavy atom. The van der Waals surface area contributed by atoms with Gasteiger partial charge in [-0.25, -0.2) is 22.9 Å². The van der Waals surface area contributed by atoms with Crippen molar-refractivity contribution < 1.29 is 12.8 Å². The van der Waals surface area contributed by atoms with Crippen LogP contribution in [0.15, 0.2) is 53.6 Å². The van der Waals surface area contributed by atoms with Gasteiger partial charge in [-0.05, 0) is 47.7 Å². The van der Waals surface area contributed by atoms with Crippen LogP contribution in [0.4, 0.5) is 27.5 Å². The molecule has 4 N–H and O–H groups in total. The number of rotatable bonds is 5. The Kier molecular flexibility index (Phi) is 5.78. The maximum atomic E-state index is 14.2. The minimum atomic E-state index is -3.87. The van der Waals surface area contributed by atoms with E-state index in [9.17, 15) is 12.8 Å². The van der Waals surface area contributed by atoms with Gasteiger partial charge in [-0.1, -0.05) is 39.0 Å². The third-order valence-corrected chi connectivity index (χ3v) is 5.56. The number of aromatic nitrogens is 2. The molecule has 0 unspecified atom stereocenters. The van der Waals surface area contributed by atoms with E-state index in [-0.39, 0.29) is 22.1 Å². The quantitative estimate of drug-likeness (QED) is 0.556. The van der Waals surface area contributed by atoms with E-state index in [1.54, 1.807) is 19.1 Å². The second kappa shape index (κ2) is 8.00. The van der Waals surface area contributed by atoms with E-state index in [2.05, 4.69) is 41.4 Å². The molecule has 0 aliphatic carbocycles. The fourth-order valence-corrected chi connectivity index (χ4v) is 3.63. The average molecular weight is 430 g/mol. The van der Waals surface area contributed by atoms with Crippen LogP contribution in [0.5, 0.6) is 0 Å². The van der Waals surface area contributed by atoms with Crippen LogP contribution in [0, 0.1) is 12.7 Å². The van der Waals surface area contributed by atoms with Crippen LogP contribution < -0.4 is 15.8 Å². The van der Waals surface area contributed by atoms with Crippen LogP contribution in [0.1, 0.15) is 31.9 Å². The monoisotopic (exact) mass is 429 g/mol. The van der Waals surface area contributed by atoms with Gasteiger partial charge < -0.3 is 10.6 Å². The molecule has 1 aromatic heterocycles.